The number of carboxylic acid groups (broad SMARTS) is 1. The quantitative estimate of drug-likeness (QED) is 0.900. The first-order valence-electron chi connectivity index (χ1n) is 5.48. The van der Waals surface area contributed by atoms with Gasteiger partial charge in [0.1, 0.15) is 0 Å². The van der Waals surface area contributed by atoms with Crippen LogP contribution in [-0.4, -0.2) is 11.1 Å². The van der Waals surface area contributed by atoms with E-state index in [1.807, 2.05) is 19.9 Å². The average molecular weight is 283 g/mol. The Kier molecular flexibility index (Phi) is 2.82. The molecule has 3 heteroatoms. The van der Waals surface area contributed by atoms with Gasteiger partial charge in [-0.25, -0.2) is 0 Å². The first-order chi connectivity index (χ1) is 7.47. The van der Waals surface area contributed by atoms with Gasteiger partial charge in [-0.3, -0.25) is 4.79 Å². The fraction of sp³-hybridized carbons (Fsp3) is 0.462. The third kappa shape index (κ3) is 1.58. The lowest BCUT2D eigenvalue weighted by atomic mass is 9.64. The van der Waals surface area contributed by atoms with Crippen LogP contribution in [0.4, 0.5) is 0 Å². The molecule has 0 saturated heterocycles. The van der Waals surface area contributed by atoms with Crippen molar-refractivity contribution >= 4 is 21.9 Å². The molecule has 0 spiro atoms. The molecule has 0 bridgehead atoms. The molecule has 2 rings (SSSR count). The summed E-state index contributed by atoms with van der Waals surface area (Å²) < 4.78 is 0.959. The molecule has 1 aromatic rings. The molecule has 1 fully saturated rings. The third-order valence-electron chi connectivity index (χ3n) is 3.53. The molecular formula is C13H15BrO2. The van der Waals surface area contributed by atoms with Crippen LogP contribution in [0.25, 0.3) is 0 Å². The number of carboxylic acids is 1. The van der Waals surface area contributed by atoms with Crippen LogP contribution in [0, 0.1) is 13.8 Å². The SMILES string of the molecule is Cc1cc(C)c(Br)c(C2(C(=O)O)CCC2)c1. The fourth-order valence-corrected chi connectivity index (χ4v) is 3.04. The van der Waals surface area contributed by atoms with Crippen LogP contribution >= 0.6 is 15.9 Å². The molecule has 2 nitrogen and oxygen atoms in total. The Balaban J connectivity index is 2.59. The lowest BCUT2D eigenvalue weighted by Crippen LogP contribution is -2.42. The second-order valence-corrected chi connectivity index (χ2v) is 5.48. The summed E-state index contributed by atoms with van der Waals surface area (Å²) >= 11 is 3.53. The number of benzene rings is 1. The maximum atomic E-state index is 11.5. The normalized spacial score (nSPS) is 17.9. The lowest BCUT2D eigenvalue weighted by molar-refractivity contribution is -0.147. The van der Waals surface area contributed by atoms with Gasteiger partial charge < -0.3 is 5.11 Å². The van der Waals surface area contributed by atoms with Gasteiger partial charge in [-0.05, 0) is 37.8 Å². The lowest BCUT2D eigenvalue weighted by Gasteiger charge is -2.39. The van der Waals surface area contributed by atoms with E-state index < -0.39 is 11.4 Å². The molecule has 0 aliphatic heterocycles. The maximum Gasteiger partial charge on any atom is 0.314 e. The van der Waals surface area contributed by atoms with Gasteiger partial charge in [0.2, 0.25) is 0 Å². The average Bonchev–Trinajstić information content (AvgIpc) is 2.10. The number of hydrogen-bond acceptors (Lipinski definition) is 1. The number of halogens is 1. The molecule has 0 unspecified atom stereocenters. The Morgan fingerprint density at radius 1 is 1.38 bits per heavy atom. The van der Waals surface area contributed by atoms with E-state index in [0.29, 0.717) is 0 Å². The van der Waals surface area contributed by atoms with E-state index in [0.717, 1.165) is 40.4 Å². The Hall–Kier alpha value is -0.830. The molecule has 86 valence electrons. The summed E-state index contributed by atoms with van der Waals surface area (Å²) in [5.41, 5.74) is 2.55. The summed E-state index contributed by atoms with van der Waals surface area (Å²) in [5.74, 6) is -0.690. The topological polar surface area (TPSA) is 37.3 Å². The Bertz CT molecular complexity index is 447. The highest BCUT2D eigenvalue weighted by Crippen LogP contribution is 2.47. The van der Waals surface area contributed by atoms with E-state index in [2.05, 4.69) is 22.0 Å². The second kappa shape index (κ2) is 3.88. The van der Waals surface area contributed by atoms with Crippen LogP contribution in [0.3, 0.4) is 0 Å². The first kappa shape index (κ1) is 11.6. The van der Waals surface area contributed by atoms with Crippen LogP contribution in [0.5, 0.6) is 0 Å². The molecular weight excluding hydrogens is 268 g/mol. The fourth-order valence-electron chi connectivity index (χ4n) is 2.43. The van der Waals surface area contributed by atoms with E-state index >= 15 is 0 Å². The Morgan fingerprint density at radius 3 is 2.44 bits per heavy atom. The van der Waals surface area contributed by atoms with Crippen molar-refractivity contribution in [3.63, 3.8) is 0 Å². The van der Waals surface area contributed by atoms with Crippen molar-refractivity contribution in [2.24, 2.45) is 0 Å². The Morgan fingerprint density at radius 2 is 2.00 bits per heavy atom. The minimum atomic E-state index is -0.690. The van der Waals surface area contributed by atoms with Gasteiger partial charge in [-0.1, -0.05) is 40.0 Å². The molecule has 16 heavy (non-hydrogen) atoms. The highest BCUT2D eigenvalue weighted by Gasteiger charge is 2.47. The highest BCUT2D eigenvalue weighted by atomic mass is 79.9. The summed E-state index contributed by atoms with van der Waals surface area (Å²) in [4.78, 5) is 11.5. The van der Waals surface area contributed by atoms with Gasteiger partial charge in [0.15, 0.2) is 0 Å². The minimum absolute atomic E-state index is 0.643. The molecule has 1 aliphatic carbocycles. The van der Waals surface area contributed by atoms with Gasteiger partial charge in [0.05, 0.1) is 5.41 Å². The van der Waals surface area contributed by atoms with Crippen molar-refractivity contribution in [1.82, 2.24) is 0 Å². The van der Waals surface area contributed by atoms with Crippen LogP contribution in [0.15, 0.2) is 16.6 Å². The van der Waals surface area contributed by atoms with Crippen molar-refractivity contribution in [2.75, 3.05) is 0 Å². The third-order valence-corrected chi connectivity index (χ3v) is 4.58. The number of aryl methyl sites for hydroxylation is 2. The first-order valence-corrected chi connectivity index (χ1v) is 6.27. The van der Waals surface area contributed by atoms with Crippen molar-refractivity contribution in [2.45, 2.75) is 38.5 Å². The molecule has 0 aromatic heterocycles. The van der Waals surface area contributed by atoms with Crippen LogP contribution < -0.4 is 0 Å². The maximum absolute atomic E-state index is 11.5. The zero-order valence-electron chi connectivity index (χ0n) is 9.51. The molecule has 1 N–H and O–H groups in total. The number of aliphatic carboxylic acids is 1. The van der Waals surface area contributed by atoms with Gasteiger partial charge >= 0.3 is 5.97 Å². The van der Waals surface area contributed by atoms with Crippen LogP contribution in [-0.2, 0) is 10.2 Å². The smallest absolute Gasteiger partial charge is 0.314 e. The predicted molar refractivity (Wildman–Crippen MR) is 66.8 cm³/mol. The summed E-state index contributed by atoms with van der Waals surface area (Å²) in [6.45, 7) is 4.02. The van der Waals surface area contributed by atoms with Gasteiger partial charge in [-0.15, -0.1) is 0 Å². The number of rotatable bonds is 2. The van der Waals surface area contributed by atoms with E-state index in [1.165, 1.54) is 0 Å². The van der Waals surface area contributed by atoms with Gasteiger partial charge in [0.25, 0.3) is 0 Å². The second-order valence-electron chi connectivity index (χ2n) is 4.68. The molecule has 0 atom stereocenters. The summed E-state index contributed by atoms with van der Waals surface area (Å²) in [5, 5.41) is 9.42. The van der Waals surface area contributed by atoms with Crippen LogP contribution in [0.1, 0.15) is 36.0 Å². The largest absolute Gasteiger partial charge is 0.481 e. The summed E-state index contributed by atoms with van der Waals surface area (Å²) in [6, 6.07) is 4.08. The molecule has 0 radical (unpaired) electrons. The monoisotopic (exact) mass is 282 g/mol. The minimum Gasteiger partial charge on any atom is -0.481 e. The standard InChI is InChI=1S/C13H15BrO2/c1-8-6-9(2)11(14)10(7-8)13(12(15)16)4-3-5-13/h6-7H,3-5H2,1-2H3,(H,15,16). The van der Waals surface area contributed by atoms with Crippen LogP contribution in [0.2, 0.25) is 0 Å². The van der Waals surface area contributed by atoms with Crippen molar-refractivity contribution in [3.8, 4) is 0 Å². The van der Waals surface area contributed by atoms with E-state index in [4.69, 9.17) is 0 Å². The predicted octanol–water partition coefficient (Wildman–Crippen LogP) is 3.57. The zero-order valence-corrected chi connectivity index (χ0v) is 11.1. The molecule has 1 saturated carbocycles. The molecule has 1 aliphatic rings. The van der Waals surface area contributed by atoms with E-state index in [1.54, 1.807) is 0 Å². The van der Waals surface area contributed by atoms with Gasteiger partial charge in [0, 0.05) is 4.47 Å². The van der Waals surface area contributed by atoms with E-state index in [9.17, 15) is 9.90 Å². The van der Waals surface area contributed by atoms with Gasteiger partial charge in [-0.2, -0.15) is 0 Å². The summed E-state index contributed by atoms with van der Waals surface area (Å²) in [7, 11) is 0. The summed E-state index contributed by atoms with van der Waals surface area (Å²) in [6.07, 6.45) is 2.51. The highest BCUT2D eigenvalue weighted by molar-refractivity contribution is 9.10. The van der Waals surface area contributed by atoms with Crippen molar-refractivity contribution < 1.29 is 9.90 Å². The van der Waals surface area contributed by atoms with E-state index in [-0.39, 0.29) is 0 Å². The number of hydrogen-bond donors (Lipinski definition) is 1. The zero-order chi connectivity index (χ0) is 11.9. The number of carbonyl (C=O) groups is 1. The van der Waals surface area contributed by atoms with Crippen molar-refractivity contribution in [3.05, 3.63) is 33.3 Å². The van der Waals surface area contributed by atoms with Crippen molar-refractivity contribution in [1.29, 1.82) is 0 Å². The molecule has 0 amide bonds. The Labute approximate surface area is 104 Å². The molecule has 0 heterocycles. The molecule has 1 aromatic carbocycles.